The van der Waals surface area contributed by atoms with Crippen LogP contribution in [0.2, 0.25) is 0 Å². The number of carbonyl (C=O) groups excluding carboxylic acids is 1. The molecule has 2 aromatic rings. The summed E-state index contributed by atoms with van der Waals surface area (Å²) in [7, 11) is 0. The Labute approximate surface area is 164 Å². The van der Waals surface area contributed by atoms with E-state index >= 15 is 0 Å². The summed E-state index contributed by atoms with van der Waals surface area (Å²) in [6.07, 6.45) is 1.89. The monoisotopic (exact) mass is 376 g/mol. The van der Waals surface area contributed by atoms with Crippen molar-refractivity contribution in [2.24, 2.45) is 5.92 Å². The van der Waals surface area contributed by atoms with Gasteiger partial charge in [-0.3, -0.25) is 4.79 Å². The lowest BCUT2D eigenvalue weighted by molar-refractivity contribution is -0.116. The number of fused-ring (bicyclic) bond motifs is 1. The molecule has 0 saturated heterocycles. The summed E-state index contributed by atoms with van der Waals surface area (Å²) >= 11 is 5.68. The molecule has 1 aliphatic carbocycles. The third-order valence-corrected chi connectivity index (χ3v) is 5.86. The van der Waals surface area contributed by atoms with Gasteiger partial charge in [0.05, 0.1) is 5.92 Å². The number of ether oxygens (including phenoxy) is 2. The van der Waals surface area contributed by atoms with Gasteiger partial charge in [0.1, 0.15) is 0 Å². The minimum Gasteiger partial charge on any atom is -0.454 e. The highest BCUT2D eigenvalue weighted by Gasteiger charge is 2.38. The highest BCUT2D eigenvalue weighted by Crippen LogP contribution is 2.41. The van der Waals surface area contributed by atoms with Crippen molar-refractivity contribution < 1.29 is 14.3 Å². The SMILES string of the molecule is C=C1/C(=C/c2ccc3c(c2)OCO3)C(=O)C(C)C(=S)C1c1ccccc1C. The van der Waals surface area contributed by atoms with E-state index in [4.69, 9.17) is 21.7 Å². The molecular formula is C23H20O3S. The van der Waals surface area contributed by atoms with Gasteiger partial charge in [-0.05, 0) is 47.4 Å². The number of Topliss-reactive ketones (excluding diaryl/α,β-unsaturated/α-hetero) is 1. The van der Waals surface area contributed by atoms with Crippen LogP contribution in [0, 0.1) is 12.8 Å². The number of benzene rings is 2. The van der Waals surface area contributed by atoms with Crippen LogP contribution in [0.25, 0.3) is 6.08 Å². The van der Waals surface area contributed by atoms with Gasteiger partial charge < -0.3 is 9.47 Å². The molecule has 0 bridgehead atoms. The molecule has 0 N–H and O–H groups in total. The van der Waals surface area contributed by atoms with Gasteiger partial charge in [0.2, 0.25) is 6.79 Å². The molecular weight excluding hydrogens is 356 g/mol. The number of rotatable bonds is 2. The molecule has 2 aromatic carbocycles. The third-order valence-electron chi connectivity index (χ3n) is 5.27. The van der Waals surface area contributed by atoms with Crippen LogP contribution in [0.4, 0.5) is 0 Å². The van der Waals surface area contributed by atoms with Crippen LogP contribution in [0.15, 0.2) is 60.2 Å². The average molecular weight is 376 g/mol. The zero-order valence-corrected chi connectivity index (χ0v) is 16.1. The minimum absolute atomic E-state index is 0.0208. The predicted octanol–water partition coefficient (Wildman–Crippen LogP) is 5.04. The van der Waals surface area contributed by atoms with Crippen LogP contribution >= 0.6 is 12.2 Å². The van der Waals surface area contributed by atoms with Crippen LogP contribution in [-0.2, 0) is 4.79 Å². The van der Waals surface area contributed by atoms with E-state index in [1.54, 1.807) is 0 Å². The molecule has 1 aliphatic heterocycles. The molecule has 3 nitrogen and oxygen atoms in total. The summed E-state index contributed by atoms with van der Waals surface area (Å²) in [6.45, 7) is 8.44. The molecule has 2 atom stereocenters. The molecule has 2 unspecified atom stereocenters. The van der Waals surface area contributed by atoms with Crippen LogP contribution < -0.4 is 9.47 Å². The highest BCUT2D eigenvalue weighted by atomic mass is 32.1. The number of hydrogen-bond donors (Lipinski definition) is 0. The first-order valence-electron chi connectivity index (χ1n) is 8.91. The molecule has 0 aromatic heterocycles. The Morgan fingerprint density at radius 1 is 1.15 bits per heavy atom. The summed E-state index contributed by atoms with van der Waals surface area (Å²) in [5, 5.41) is 0. The molecule has 27 heavy (non-hydrogen) atoms. The van der Waals surface area contributed by atoms with E-state index in [9.17, 15) is 4.79 Å². The molecule has 0 amide bonds. The van der Waals surface area contributed by atoms with Gasteiger partial charge in [-0.15, -0.1) is 0 Å². The van der Waals surface area contributed by atoms with Crippen molar-refractivity contribution in [2.75, 3.05) is 6.79 Å². The van der Waals surface area contributed by atoms with Gasteiger partial charge in [0.25, 0.3) is 0 Å². The van der Waals surface area contributed by atoms with Crippen LogP contribution in [0.1, 0.15) is 29.5 Å². The van der Waals surface area contributed by atoms with Crippen molar-refractivity contribution in [3.05, 3.63) is 76.9 Å². The maximum atomic E-state index is 13.0. The Balaban J connectivity index is 1.78. The first-order valence-corrected chi connectivity index (χ1v) is 9.32. The fourth-order valence-corrected chi connectivity index (χ4v) is 4.06. The lowest BCUT2D eigenvalue weighted by atomic mass is 9.71. The largest absolute Gasteiger partial charge is 0.454 e. The van der Waals surface area contributed by atoms with Crippen LogP contribution in [0.5, 0.6) is 11.5 Å². The van der Waals surface area contributed by atoms with Crippen molar-refractivity contribution in [3.8, 4) is 11.5 Å². The predicted molar refractivity (Wildman–Crippen MR) is 110 cm³/mol. The smallest absolute Gasteiger partial charge is 0.231 e. The van der Waals surface area contributed by atoms with Gasteiger partial charge in [0.15, 0.2) is 17.3 Å². The van der Waals surface area contributed by atoms with Gasteiger partial charge in [0, 0.05) is 16.4 Å². The van der Waals surface area contributed by atoms with E-state index in [1.165, 1.54) is 0 Å². The molecule has 4 heteroatoms. The first-order chi connectivity index (χ1) is 13.0. The van der Waals surface area contributed by atoms with Crippen molar-refractivity contribution in [1.29, 1.82) is 0 Å². The molecule has 0 radical (unpaired) electrons. The summed E-state index contributed by atoms with van der Waals surface area (Å²) in [4.78, 5) is 13.7. The maximum Gasteiger partial charge on any atom is 0.231 e. The first kappa shape index (κ1) is 17.7. The highest BCUT2D eigenvalue weighted by molar-refractivity contribution is 7.80. The number of ketones is 1. The van der Waals surface area contributed by atoms with Gasteiger partial charge in [-0.1, -0.05) is 56.1 Å². The lowest BCUT2D eigenvalue weighted by Crippen LogP contribution is -2.34. The second-order valence-electron chi connectivity index (χ2n) is 6.97. The topological polar surface area (TPSA) is 35.5 Å². The fraction of sp³-hybridized carbons (Fsp3) is 0.217. The zero-order valence-electron chi connectivity index (χ0n) is 15.3. The fourth-order valence-electron chi connectivity index (χ4n) is 3.68. The zero-order chi connectivity index (χ0) is 19.1. The van der Waals surface area contributed by atoms with Crippen molar-refractivity contribution in [1.82, 2.24) is 0 Å². The standard InChI is InChI=1S/C23H20O3S/c1-13-6-4-5-7-17(13)21-14(2)18(22(24)15(3)23(21)27)10-16-8-9-19-20(11-16)26-12-25-19/h4-11,15,21H,2,12H2,1,3H3/b18-10-. The molecule has 0 spiro atoms. The Bertz CT molecular complexity index is 1000. The number of thiocarbonyl (C=S) groups is 1. The number of carbonyl (C=O) groups is 1. The Kier molecular flexibility index (Phi) is 4.44. The number of aryl methyl sites for hydroxylation is 1. The summed E-state index contributed by atoms with van der Waals surface area (Å²) in [5.41, 5.74) is 4.53. The van der Waals surface area contributed by atoms with Crippen LogP contribution in [-0.4, -0.2) is 17.4 Å². The van der Waals surface area contributed by atoms with Crippen molar-refractivity contribution in [2.45, 2.75) is 19.8 Å². The molecule has 2 aliphatic rings. The van der Waals surface area contributed by atoms with E-state index in [0.29, 0.717) is 11.3 Å². The van der Waals surface area contributed by atoms with Crippen molar-refractivity contribution >= 4 is 28.9 Å². The molecule has 1 fully saturated rings. The summed E-state index contributed by atoms with van der Waals surface area (Å²) < 4.78 is 10.8. The van der Waals surface area contributed by atoms with Gasteiger partial charge >= 0.3 is 0 Å². The number of hydrogen-bond acceptors (Lipinski definition) is 4. The Hall–Kier alpha value is -2.72. The average Bonchev–Trinajstić information content (AvgIpc) is 3.13. The van der Waals surface area contributed by atoms with Crippen molar-refractivity contribution in [3.63, 3.8) is 0 Å². The van der Waals surface area contributed by atoms with Gasteiger partial charge in [-0.25, -0.2) is 0 Å². The molecule has 1 heterocycles. The molecule has 4 rings (SSSR count). The van der Waals surface area contributed by atoms with Crippen LogP contribution in [0.3, 0.4) is 0 Å². The minimum atomic E-state index is -0.324. The van der Waals surface area contributed by atoms with Gasteiger partial charge in [-0.2, -0.15) is 0 Å². The number of allylic oxidation sites excluding steroid dienone is 2. The lowest BCUT2D eigenvalue weighted by Gasteiger charge is -2.32. The van der Waals surface area contributed by atoms with E-state index in [0.717, 1.165) is 32.9 Å². The quantitative estimate of drug-likeness (QED) is 0.544. The van der Waals surface area contributed by atoms with E-state index in [-0.39, 0.29) is 24.4 Å². The van der Waals surface area contributed by atoms with E-state index < -0.39 is 0 Å². The summed E-state index contributed by atoms with van der Waals surface area (Å²) in [6, 6.07) is 13.8. The normalized spacial score (nSPS) is 23.2. The second kappa shape index (κ2) is 6.78. The van der Waals surface area contributed by atoms with E-state index in [2.05, 4.69) is 25.6 Å². The summed E-state index contributed by atoms with van der Waals surface area (Å²) in [5.74, 6) is 0.979. The molecule has 1 saturated carbocycles. The third kappa shape index (κ3) is 3.00. The Morgan fingerprint density at radius 3 is 2.67 bits per heavy atom. The Morgan fingerprint density at radius 2 is 1.89 bits per heavy atom. The maximum absolute atomic E-state index is 13.0. The molecule has 136 valence electrons. The van der Waals surface area contributed by atoms with E-state index in [1.807, 2.05) is 43.3 Å². The second-order valence-corrected chi connectivity index (χ2v) is 7.45.